The topological polar surface area (TPSA) is 57.8 Å². The molecule has 1 amide bonds. The van der Waals surface area contributed by atoms with Crippen LogP contribution in [0.1, 0.15) is 0 Å². The average Bonchev–Trinajstić information content (AvgIpc) is 3.12. The van der Waals surface area contributed by atoms with Crippen molar-refractivity contribution in [3.05, 3.63) is 78.9 Å². The predicted octanol–water partition coefficient (Wildman–Crippen LogP) is 5.60. The molecule has 0 unspecified atom stereocenters. The molecule has 0 bridgehead atoms. The van der Waals surface area contributed by atoms with E-state index in [0.717, 1.165) is 38.0 Å². The number of imidazole rings is 1. The number of H-pyrrole nitrogens is 1. The fraction of sp³-hybridized carbons (Fsp3) is 0.0435. The van der Waals surface area contributed by atoms with Crippen LogP contribution >= 0.6 is 11.8 Å². The summed E-state index contributed by atoms with van der Waals surface area (Å²) in [6, 6.07) is 26.3. The van der Waals surface area contributed by atoms with Gasteiger partial charge in [-0.25, -0.2) is 4.98 Å². The predicted molar refractivity (Wildman–Crippen MR) is 117 cm³/mol. The molecule has 1 aromatic heterocycles. The summed E-state index contributed by atoms with van der Waals surface area (Å²) in [5.41, 5.74) is 2.73. The highest BCUT2D eigenvalue weighted by Crippen LogP contribution is 2.26. The van der Waals surface area contributed by atoms with E-state index in [0.29, 0.717) is 5.75 Å². The number of aromatic amines is 1. The van der Waals surface area contributed by atoms with Gasteiger partial charge < -0.3 is 10.3 Å². The van der Waals surface area contributed by atoms with Gasteiger partial charge in [-0.15, -0.1) is 0 Å². The van der Waals surface area contributed by atoms with Gasteiger partial charge in [0.25, 0.3) is 0 Å². The van der Waals surface area contributed by atoms with Gasteiger partial charge in [0.05, 0.1) is 16.8 Å². The van der Waals surface area contributed by atoms with Gasteiger partial charge in [-0.05, 0) is 34.4 Å². The summed E-state index contributed by atoms with van der Waals surface area (Å²) in [4.78, 5) is 20.4. The molecule has 0 saturated heterocycles. The lowest BCUT2D eigenvalue weighted by Crippen LogP contribution is -2.14. The summed E-state index contributed by atoms with van der Waals surface area (Å²) in [7, 11) is 0. The molecule has 0 radical (unpaired) electrons. The molecule has 5 heteroatoms. The number of thioether (sulfide) groups is 1. The van der Waals surface area contributed by atoms with Crippen molar-refractivity contribution in [2.45, 2.75) is 5.16 Å². The summed E-state index contributed by atoms with van der Waals surface area (Å²) in [6.45, 7) is 0. The molecular formula is C23H17N3OS. The van der Waals surface area contributed by atoms with Crippen LogP contribution in [0.4, 0.5) is 5.69 Å². The second-order valence-electron chi connectivity index (χ2n) is 6.62. The lowest BCUT2D eigenvalue weighted by atomic mass is 10.1. The first-order valence-electron chi connectivity index (χ1n) is 9.05. The van der Waals surface area contributed by atoms with E-state index >= 15 is 0 Å². The van der Waals surface area contributed by atoms with Gasteiger partial charge in [-0.1, -0.05) is 72.4 Å². The van der Waals surface area contributed by atoms with E-state index in [2.05, 4.69) is 39.6 Å². The van der Waals surface area contributed by atoms with Gasteiger partial charge in [0.2, 0.25) is 5.91 Å². The fourth-order valence-corrected chi connectivity index (χ4v) is 4.08. The van der Waals surface area contributed by atoms with E-state index in [-0.39, 0.29) is 5.91 Å². The largest absolute Gasteiger partial charge is 0.333 e. The zero-order chi connectivity index (χ0) is 18.9. The van der Waals surface area contributed by atoms with Crippen LogP contribution in [-0.2, 0) is 4.79 Å². The Bertz CT molecular complexity index is 1270. The minimum Gasteiger partial charge on any atom is -0.333 e. The summed E-state index contributed by atoms with van der Waals surface area (Å²) >= 11 is 1.41. The van der Waals surface area contributed by atoms with E-state index in [1.54, 1.807) is 0 Å². The number of carbonyl (C=O) groups is 1. The summed E-state index contributed by atoms with van der Waals surface area (Å²) in [6.07, 6.45) is 0. The minimum absolute atomic E-state index is 0.0491. The molecule has 4 aromatic carbocycles. The number of amides is 1. The van der Waals surface area contributed by atoms with Crippen molar-refractivity contribution >= 4 is 55.9 Å². The average molecular weight is 383 g/mol. The molecule has 5 aromatic rings. The quantitative estimate of drug-likeness (QED) is 0.397. The van der Waals surface area contributed by atoms with E-state index in [1.807, 2.05) is 54.6 Å². The molecule has 4 nitrogen and oxygen atoms in total. The number of carbonyl (C=O) groups excluding carboxylic acids is 1. The van der Waals surface area contributed by atoms with Crippen LogP contribution in [0.3, 0.4) is 0 Å². The number of aromatic nitrogens is 2. The molecule has 1 heterocycles. The van der Waals surface area contributed by atoms with Crippen molar-refractivity contribution in [2.24, 2.45) is 0 Å². The third-order valence-electron chi connectivity index (χ3n) is 4.73. The Morgan fingerprint density at radius 1 is 0.893 bits per heavy atom. The zero-order valence-corrected chi connectivity index (χ0v) is 15.8. The molecule has 28 heavy (non-hydrogen) atoms. The number of anilines is 1. The standard InChI is InChI=1S/C23H17N3OS/c27-22(24-19-11-5-9-15-6-3-4-10-18(15)19)14-28-23-25-20-12-16-7-1-2-8-17(16)13-21(20)26-23/h1-13H,14H2,(H,24,27)(H,25,26). The van der Waals surface area contributed by atoms with E-state index in [9.17, 15) is 4.79 Å². The normalized spacial score (nSPS) is 11.3. The van der Waals surface area contributed by atoms with Crippen molar-refractivity contribution in [3.8, 4) is 0 Å². The number of nitrogens with one attached hydrogen (secondary N) is 2. The molecule has 0 aliphatic carbocycles. The Morgan fingerprint density at radius 2 is 1.61 bits per heavy atom. The first-order valence-corrected chi connectivity index (χ1v) is 10.0. The van der Waals surface area contributed by atoms with Crippen LogP contribution < -0.4 is 5.32 Å². The first kappa shape index (κ1) is 16.8. The summed E-state index contributed by atoms with van der Waals surface area (Å²) in [5.74, 6) is 0.245. The Hall–Kier alpha value is -3.31. The second kappa shape index (κ2) is 7.02. The highest BCUT2D eigenvalue weighted by atomic mass is 32.2. The van der Waals surface area contributed by atoms with Crippen LogP contribution in [0.5, 0.6) is 0 Å². The number of benzene rings is 4. The van der Waals surface area contributed by atoms with Crippen molar-refractivity contribution in [3.63, 3.8) is 0 Å². The Morgan fingerprint density at radius 3 is 2.46 bits per heavy atom. The Balaban J connectivity index is 1.32. The first-order chi connectivity index (χ1) is 13.8. The smallest absolute Gasteiger partial charge is 0.234 e. The minimum atomic E-state index is -0.0491. The third kappa shape index (κ3) is 3.21. The molecule has 0 saturated carbocycles. The maximum absolute atomic E-state index is 12.5. The Kier molecular flexibility index (Phi) is 4.22. The molecular weight excluding hydrogens is 366 g/mol. The third-order valence-corrected chi connectivity index (χ3v) is 5.60. The molecule has 5 rings (SSSR count). The molecule has 0 spiro atoms. The van der Waals surface area contributed by atoms with Gasteiger partial charge in [-0.2, -0.15) is 0 Å². The van der Waals surface area contributed by atoms with Crippen LogP contribution in [0.25, 0.3) is 32.6 Å². The van der Waals surface area contributed by atoms with Gasteiger partial charge in [0.15, 0.2) is 5.16 Å². The summed E-state index contributed by atoms with van der Waals surface area (Å²) < 4.78 is 0. The molecule has 0 aliphatic heterocycles. The lowest BCUT2D eigenvalue weighted by molar-refractivity contribution is -0.113. The highest BCUT2D eigenvalue weighted by molar-refractivity contribution is 7.99. The zero-order valence-electron chi connectivity index (χ0n) is 15.0. The number of nitrogens with zero attached hydrogens (tertiary/aromatic N) is 1. The van der Waals surface area contributed by atoms with Crippen LogP contribution in [0.2, 0.25) is 0 Å². The van der Waals surface area contributed by atoms with Gasteiger partial charge >= 0.3 is 0 Å². The maximum Gasteiger partial charge on any atom is 0.234 e. The van der Waals surface area contributed by atoms with Crippen molar-refractivity contribution in [2.75, 3.05) is 11.1 Å². The SMILES string of the molecule is O=C(CSc1nc2cc3ccccc3cc2[nH]1)Nc1cccc2ccccc12. The van der Waals surface area contributed by atoms with Crippen LogP contribution in [0.15, 0.2) is 84.0 Å². The molecule has 0 fully saturated rings. The van der Waals surface area contributed by atoms with Gasteiger partial charge in [0.1, 0.15) is 0 Å². The van der Waals surface area contributed by atoms with E-state index < -0.39 is 0 Å². The number of hydrogen-bond acceptors (Lipinski definition) is 3. The highest BCUT2D eigenvalue weighted by Gasteiger charge is 2.10. The monoisotopic (exact) mass is 383 g/mol. The van der Waals surface area contributed by atoms with Crippen LogP contribution in [-0.4, -0.2) is 21.6 Å². The maximum atomic E-state index is 12.5. The fourth-order valence-electron chi connectivity index (χ4n) is 3.40. The van der Waals surface area contributed by atoms with Gasteiger partial charge in [-0.3, -0.25) is 4.79 Å². The Labute approximate surface area is 166 Å². The molecule has 2 N–H and O–H groups in total. The number of rotatable bonds is 4. The lowest BCUT2D eigenvalue weighted by Gasteiger charge is -2.08. The molecule has 136 valence electrons. The van der Waals surface area contributed by atoms with Crippen molar-refractivity contribution in [1.29, 1.82) is 0 Å². The van der Waals surface area contributed by atoms with Gasteiger partial charge in [0, 0.05) is 11.1 Å². The van der Waals surface area contributed by atoms with Crippen molar-refractivity contribution in [1.82, 2.24) is 9.97 Å². The summed E-state index contributed by atoms with van der Waals surface area (Å²) in [5, 5.41) is 8.24. The molecule has 0 atom stereocenters. The van der Waals surface area contributed by atoms with Crippen LogP contribution in [0, 0.1) is 0 Å². The van der Waals surface area contributed by atoms with E-state index in [1.165, 1.54) is 17.1 Å². The second-order valence-corrected chi connectivity index (χ2v) is 7.59. The van der Waals surface area contributed by atoms with E-state index in [4.69, 9.17) is 0 Å². The molecule has 0 aliphatic rings. The number of fused-ring (bicyclic) bond motifs is 3. The number of hydrogen-bond donors (Lipinski definition) is 2. The van der Waals surface area contributed by atoms with Crippen molar-refractivity contribution < 1.29 is 4.79 Å².